The standard InChI is InChI=1S/C16H25N3O3/c1-18-8-3-14(17-18)15(20)19-9-6-16(7-10-19)13(4-11-21-2)5-12-22-16/h3,8,13H,4-7,9-12H2,1-2H3/t13-/m1/s1. The maximum Gasteiger partial charge on any atom is 0.274 e. The first-order valence-electron chi connectivity index (χ1n) is 8.06. The molecule has 1 aromatic heterocycles. The van der Waals surface area contributed by atoms with E-state index in [1.807, 2.05) is 11.9 Å². The van der Waals surface area contributed by atoms with Gasteiger partial charge in [-0.1, -0.05) is 0 Å². The molecule has 0 unspecified atom stereocenters. The highest BCUT2D eigenvalue weighted by atomic mass is 16.5. The second-order valence-corrected chi connectivity index (χ2v) is 6.35. The van der Waals surface area contributed by atoms with Gasteiger partial charge in [0, 0.05) is 46.7 Å². The quantitative estimate of drug-likeness (QED) is 0.845. The van der Waals surface area contributed by atoms with Crippen LogP contribution in [0.3, 0.4) is 0 Å². The molecule has 3 heterocycles. The third-order valence-corrected chi connectivity index (χ3v) is 5.10. The Morgan fingerprint density at radius 1 is 1.50 bits per heavy atom. The van der Waals surface area contributed by atoms with Crippen molar-refractivity contribution in [1.82, 2.24) is 14.7 Å². The van der Waals surface area contributed by atoms with Crippen LogP contribution < -0.4 is 0 Å². The topological polar surface area (TPSA) is 56.6 Å². The normalized spacial score (nSPS) is 24.1. The molecule has 2 aliphatic heterocycles. The molecule has 22 heavy (non-hydrogen) atoms. The van der Waals surface area contributed by atoms with Crippen LogP contribution in [0.2, 0.25) is 0 Å². The third-order valence-electron chi connectivity index (χ3n) is 5.10. The molecular formula is C16H25N3O3. The summed E-state index contributed by atoms with van der Waals surface area (Å²) in [6.45, 7) is 3.12. The molecule has 1 aromatic rings. The highest BCUT2D eigenvalue weighted by Gasteiger charge is 2.46. The number of piperidine rings is 1. The van der Waals surface area contributed by atoms with E-state index in [2.05, 4.69) is 5.10 Å². The van der Waals surface area contributed by atoms with Gasteiger partial charge in [-0.3, -0.25) is 9.48 Å². The van der Waals surface area contributed by atoms with Crippen molar-refractivity contribution in [3.05, 3.63) is 18.0 Å². The Balaban J connectivity index is 1.61. The highest BCUT2D eigenvalue weighted by Crippen LogP contribution is 2.42. The van der Waals surface area contributed by atoms with Gasteiger partial charge in [0.1, 0.15) is 5.69 Å². The molecule has 0 saturated carbocycles. The summed E-state index contributed by atoms with van der Waals surface area (Å²) in [6.07, 6.45) is 5.79. The van der Waals surface area contributed by atoms with Crippen molar-refractivity contribution in [3.63, 3.8) is 0 Å². The van der Waals surface area contributed by atoms with E-state index in [1.54, 1.807) is 24.1 Å². The number of nitrogens with zero attached hydrogens (tertiary/aromatic N) is 3. The van der Waals surface area contributed by atoms with E-state index in [0.717, 1.165) is 52.0 Å². The van der Waals surface area contributed by atoms with E-state index in [4.69, 9.17) is 9.47 Å². The van der Waals surface area contributed by atoms with Crippen molar-refractivity contribution in [3.8, 4) is 0 Å². The highest BCUT2D eigenvalue weighted by molar-refractivity contribution is 5.92. The van der Waals surface area contributed by atoms with Crippen LogP contribution in [-0.4, -0.2) is 59.6 Å². The van der Waals surface area contributed by atoms with Gasteiger partial charge in [0.15, 0.2) is 0 Å². The molecule has 0 aliphatic carbocycles. The Bertz CT molecular complexity index is 520. The fourth-order valence-corrected chi connectivity index (χ4v) is 3.78. The van der Waals surface area contributed by atoms with Gasteiger partial charge in [-0.15, -0.1) is 0 Å². The van der Waals surface area contributed by atoms with Gasteiger partial charge < -0.3 is 14.4 Å². The zero-order valence-electron chi connectivity index (χ0n) is 13.5. The molecule has 6 heteroatoms. The summed E-state index contributed by atoms with van der Waals surface area (Å²) in [7, 11) is 3.57. The van der Waals surface area contributed by atoms with Gasteiger partial charge in [0.2, 0.25) is 0 Å². The van der Waals surface area contributed by atoms with Crippen molar-refractivity contribution in [2.45, 2.75) is 31.3 Å². The number of amides is 1. The minimum absolute atomic E-state index is 0.0295. The van der Waals surface area contributed by atoms with Crippen molar-refractivity contribution in [2.24, 2.45) is 13.0 Å². The zero-order valence-corrected chi connectivity index (χ0v) is 13.5. The molecule has 2 aliphatic rings. The number of likely N-dealkylation sites (tertiary alicyclic amines) is 1. The van der Waals surface area contributed by atoms with Gasteiger partial charge in [-0.05, 0) is 37.7 Å². The van der Waals surface area contributed by atoms with E-state index in [1.165, 1.54) is 0 Å². The van der Waals surface area contributed by atoms with Gasteiger partial charge >= 0.3 is 0 Å². The maximum absolute atomic E-state index is 12.5. The molecule has 3 rings (SSSR count). The average molecular weight is 307 g/mol. The molecule has 6 nitrogen and oxygen atoms in total. The Morgan fingerprint density at radius 3 is 2.91 bits per heavy atom. The van der Waals surface area contributed by atoms with Gasteiger partial charge in [0.05, 0.1) is 5.60 Å². The number of carbonyl (C=O) groups excluding carboxylic acids is 1. The van der Waals surface area contributed by atoms with Crippen LogP contribution in [-0.2, 0) is 16.5 Å². The number of hydrogen-bond acceptors (Lipinski definition) is 4. The fourth-order valence-electron chi connectivity index (χ4n) is 3.78. The molecule has 0 N–H and O–H groups in total. The monoisotopic (exact) mass is 307 g/mol. The van der Waals surface area contributed by atoms with Crippen molar-refractivity contribution in [2.75, 3.05) is 33.4 Å². The average Bonchev–Trinajstić information content (AvgIpc) is 3.12. The molecule has 2 saturated heterocycles. The molecule has 1 amide bonds. The zero-order chi connectivity index (χ0) is 15.6. The number of aromatic nitrogens is 2. The van der Waals surface area contributed by atoms with E-state index < -0.39 is 0 Å². The number of hydrogen-bond donors (Lipinski definition) is 0. The molecule has 122 valence electrons. The Labute approximate surface area is 131 Å². The van der Waals surface area contributed by atoms with Crippen LogP contribution in [0.25, 0.3) is 0 Å². The maximum atomic E-state index is 12.5. The minimum atomic E-state index is -0.0422. The SMILES string of the molecule is COCC[C@@H]1CCOC12CCN(C(=O)c1ccn(C)n1)CC2. The van der Waals surface area contributed by atoms with Crippen molar-refractivity contribution in [1.29, 1.82) is 0 Å². The summed E-state index contributed by atoms with van der Waals surface area (Å²) in [5.41, 5.74) is 0.487. The Morgan fingerprint density at radius 2 is 2.27 bits per heavy atom. The first-order valence-corrected chi connectivity index (χ1v) is 8.06. The van der Waals surface area contributed by atoms with E-state index in [0.29, 0.717) is 11.6 Å². The van der Waals surface area contributed by atoms with E-state index >= 15 is 0 Å². The summed E-state index contributed by atoms with van der Waals surface area (Å²) in [4.78, 5) is 14.4. The van der Waals surface area contributed by atoms with E-state index in [9.17, 15) is 4.79 Å². The largest absolute Gasteiger partial charge is 0.385 e. The summed E-state index contributed by atoms with van der Waals surface area (Å²) in [5.74, 6) is 0.585. The lowest BCUT2D eigenvalue weighted by molar-refractivity contribution is -0.0662. The summed E-state index contributed by atoms with van der Waals surface area (Å²) in [6, 6.07) is 1.78. The van der Waals surface area contributed by atoms with Crippen LogP contribution >= 0.6 is 0 Å². The van der Waals surface area contributed by atoms with Gasteiger partial charge in [-0.2, -0.15) is 5.10 Å². The van der Waals surface area contributed by atoms with E-state index in [-0.39, 0.29) is 11.5 Å². The summed E-state index contributed by atoms with van der Waals surface area (Å²) >= 11 is 0. The number of aryl methyl sites for hydroxylation is 1. The van der Waals surface area contributed by atoms with Crippen LogP contribution in [0.4, 0.5) is 0 Å². The number of carbonyl (C=O) groups is 1. The van der Waals surface area contributed by atoms with Crippen molar-refractivity contribution < 1.29 is 14.3 Å². The molecule has 0 bridgehead atoms. The third kappa shape index (κ3) is 2.90. The second kappa shape index (κ2) is 6.38. The van der Waals surface area contributed by atoms with Crippen LogP contribution in [0.5, 0.6) is 0 Å². The molecule has 1 atom stereocenters. The summed E-state index contributed by atoms with van der Waals surface area (Å²) < 4.78 is 13.0. The Hall–Kier alpha value is -1.40. The lowest BCUT2D eigenvalue weighted by Gasteiger charge is -2.42. The lowest BCUT2D eigenvalue weighted by atomic mass is 9.78. The van der Waals surface area contributed by atoms with Crippen LogP contribution in [0.15, 0.2) is 12.3 Å². The lowest BCUT2D eigenvalue weighted by Crippen LogP contribution is -2.49. The molecule has 0 aromatic carbocycles. The first kappa shape index (κ1) is 15.5. The molecule has 0 radical (unpaired) electrons. The first-order chi connectivity index (χ1) is 10.6. The van der Waals surface area contributed by atoms with Gasteiger partial charge in [0.25, 0.3) is 5.91 Å². The number of rotatable bonds is 4. The van der Waals surface area contributed by atoms with Crippen molar-refractivity contribution >= 4 is 5.91 Å². The predicted octanol–water partition coefficient (Wildman–Crippen LogP) is 1.47. The molecule has 2 fully saturated rings. The number of ether oxygens (including phenoxy) is 2. The fraction of sp³-hybridized carbons (Fsp3) is 0.750. The summed E-state index contributed by atoms with van der Waals surface area (Å²) in [5, 5.41) is 4.21. The van der Waals surface area contributed by atoms with Crippen LogP contribution in [0.1, 0.15) is 36.2 Å². The Kier molecular flexibility index (Phi) is 4.49. The van der Waals surface area contributed by atoms with Gasteiger partial charge in [-0.25, -0.2) is 0 Å². The second-order valence-electron chi connectivity index (χ2n) is 6.35. The molecular weight excluding hydrogens is 282 g/mol. The van der Waals surface area contributed by atoms with Crippen LogP contribution in [0, 0.1) is 5.92 Å². The minimum Gasteiger partial charge on any atom is -0.385 e. The predicted molar refractivity (Wildman–Crippen MR) is 81.6 cm³/mol. The molecule has 1 spiro atoms. The number of methoxy groups -OCH3 is 1. The smallest absolute Gasteiger partial charge is 0.274 e.